The molecule has 0 bridgehead atoms. The van der Waals surface area contributed by atoms with Gasteiger partial charge in [-0.05, 0) is 37.0 Å². The van der Waals surface area contributed by atoms with E-state index in [4.69, 9.17) is 11.0 Å². The number of rotatable bonds is 3. The van der Waals surface area contributed by atoms with Crippen molar-refractivity contribution in [2.45, 2.75) is 44.7 Å². The van der Waals surface area contributed by atoms with Crippen LogP contribution in [0.15, 0.2) is 24.3 Å². The van der Waals surface area contributed by atoms with Crippen LogP contribution >= 0.6 is 0 Å². The Morgan fingerprint density at radius 3 is 2.70 bits per heavy atom. The molecular formula is C16H21N3O. The van der Waals surface area contributed by atoms with Crippen LogP contribution in [0.25, 0.3) is 0 Å². The first kappa shape index (κ1) is 14.5. The lowest BCUT2D eigenvalue weighted by Gasteiger charge is -2.34. The summed E-state index contributed by atoms with van der Waals surface area (Å²) in [7, 11) is 0. The number of nitrogens with zero attached hydrogens (tertiary/aromatic N) is 2. The van der Waals surface area contributed by atoms with E-state index < -0.39 is 0 Å². The predicted molar refractivity (Wildman–Crippen MR) is 77.7 cm³/mol. The topological polar surface area (TPSA) is 70.1 Å². The molecule has 1 aliphatic heterocycles. The van der Waals surface area contributed by atoms with Crippen molar-refractivity contribution >= 4 is 5.91 Å². The van der Waals surface area contributed by atoms with Gasteiger partial charge in [0.05, 0.1) is 17.7 Å². The Morgan fingerprint density at radius 1 is 1.40 bits per heavy atom. The van der Waals surface area contributed by atoms with Gasteiger partial charge in [0.1, 0.15) is 0 Å². The van der Waals surface area contributed by atoms with E-state index in [0.717, 1.165) is 31.4 Å². The summed E-state index contributed by atoms with van der Waals surface area (Å²) in [5.41, 5.74) is 7.96. The van der Waals surface area contributed by atoms with Crippen LogP contribution in [-0.2, 0) is 4.79 Å². The van der Waals surface area contributed by atoms with Crippen LogP contribution in [0.5, 0.6) is 0 Å². The highest BCUT2D eigenvalue weighted by Gasteiger charge is 2.32. The smallest absolute Gasteiger partial charge is 0.223 e. The highest BCUT2D eigenvalue weighted by Crippen LogP contribution is 2.30. The molecule has 0 saturated carbocycles. The quantitative estimate of drug-likeness (QED) is 0.917. The summed E-state index contributed by atoms with van der Waals surface area (Å²) in [4.78, 5) is 14.2. The Labute approximate surface area is 120 Å². The van der Waals surface area contributed by atoms with Gasteiger partial charge in [0.25, 0.3) is 0 Å². The standard InChI is InChI=1S/C16H21N3O/c1-2-10-19-15(20)5-3-4-14(18)16(19)13-8-6-12(11-17)7-9-13/h6-9,14,16H,2-5,10,18H2,1H3. The molecule has 0 spiro atoms. The van der Waals surface area contributed by atoms with E-state index in [1.807, 2.05) is 17.0 Å². The monoisotopic (exact) mass is 271 g/mol. The Morgan fingerprint density at radius 2 is 2.10 bits per heavy atom. The second-order valence-electron chi connectivity index (χ2n) is 5.32. The lowest BCUT2D eigenvalue weighted by molar-refractivity contribution is -0.133. The zero-order valence-corrected chi connectivity index (χ0v) is 11.9. The highest BCUT2D eigenvalue weighted by atomic mass is 16.2. The summed E-state index contributed by atoms with van der Waals surface area (Å²) in [6, 6.07) is 9.43. The van der Waals surface area contributed by atoms with E-state index in [0.29, 0.717) is 12.0 Å². The normalized spacial score (nSPS) is 23.2. The van der Waals surface area contributed by atoms with Crippen molar-refractivity contribution in [2.75, 3.05) is 6.54 Å². The molecule has 2 atom stereocenters. The second-order valence-corrected chi connectivity index (χ2v) is 5.32. The molecule has 1 saturated heterocycles. The van der Waals surface area contributed by atoms with Gasteiger partial charge in [-0.2, -0.15) is 5.26 Å². The van der Waals surface area contributed by atoms with Crippen LogP contribution < -0.4 is 5.73 Å². The van der Waals surface area contributed by atoms with E-state index in [1.165, 1.54) is 0 Å². The number of hydrogen-bond donors (Lipinski definition) is 1. The van der Waals surface area contributed by atoms with E-state index in [2.05, 4.69) is 13.0 Å². The maximum absolute atomic E-state index is 12.3. The van der Waals surface area contributed by atoms with Gasteiger partial charge in [0, 0.05) is 19.0 Å². The lowest BCUT2D eigenvalue weighted by atomic mass is 9.95. The van der Waals surface area contributed by atoms with Gasteiger partial charge in [-0.3, -0.25) is 4.79 Å². The summed E-state index contributed by atoms with van der Waals surface area (Å²) in [5.74, 6) is 0.189. The zero-order valence-electron chi connectivity index (χ0n) is 11.9. The van der Waals surface area contributed by atoms with Gasteiger partial charge in [0.2, 0.25) is 5.91 Å². The maximum atomic E-state index is 12.3. The number of likely N-dealkylation sites (tertiary alicyclic amines) is 1. The molecule has 0 radical (unpaired) electrons. The SMILES string of the molecule is CCCN1C(=O)CCCC(N)C1c1ccc(C#N)cc1. The molecule has 0 aromatic heterocycles. The van der Waals surface area contributed by atoms with Gasteiger partial charge < -0.3 is 10.6 Å². The summed E-state index contributed by atoms with van der Waals surface area (Å²) in [6.07, 6.45) is 3.22. The largest absolute Gasteiger partial charge is 0.334 e. The fourth-order valence-corrected chi connectivity index (χ4v) is 2.86. The molecule has 1 aromatic carbocycles. The minimum absolute atomic E-state index is 0.0408. The number of nitrogens with two attached hydrogens (primary N) is 1. The van der Waals surface area contributed by atoms with Crippen molar-refractivity contribution in [2.24, 2.45) is 5.73 Å². The van der Waals surface area contributed by atoms with Crippen LogP contribution in [0.4, 0.5) is 0 Å². The van der Waals surface area contributed by atoms with E-state index >= 15 is 0 Å². The van der Waals surface area contributed by atoms with Gasteiger partial charge in [-0.25, -0.2) is 0 Å². The molecule has 1 amide bonds. The third-order valence-electron chi connectivity index (χ3n) is 3.84. The fourth-order valence-electron chi connectivity index (χ4n) is 2.86. The molecule has 1 aromatic rings. The molecule has 4 heteroatoms. The average Bonchev–Trinajstić information content (AvgIpc) is 2.59. The molecule has 2 rings (SSSR count). The molecule has 0 aliphatic carbocycles. The fraction of sp³-hybridized carbons (Fsp3) is 0.500. The first-order chi connectivity index (χ1) is 9.67. The number of carbonyl (C=O) groups is 1. The van der Waals surface area contributed by atoms with Crippen LogP contribution in [0.1, 0.15) is 49.8 Å². The van der Waals surface area contributed by atoms with Gasteiger partial charge >= 0.3 is 0 Å². The molecular weight excluding hydrogens is 250 g/mol. The predicted octanol–water partition coefficient (Wildman–Crippen LogP) is 2.35. The van der Waals surface area contributed by atoms with Crippen LogP contribution in [0.2, 0.25) is 0 Å². The lowest BCUT2D eigenvalue weighted by Crippen LogP contribution is -2.42. The van der Waals surface area contributed by atoms with E-state index in [9.17, 15) is 4.79 Å². The maximum Gasteiger partial charge on any atom is 0.223 e. The third-order valence-corrected chi connectivity index (χ3v) is 3.84. The molecule has 106 valence electrons. The first-order valence-corrected chi connectivity index (χ1v) is 7.22. The van der Waals surface area contributed by atoms with Crippen molar-refractivity contribution in [1.82, 2.24) is 4.90 Å². The van der Waals surface area contributed by atoms with Crippen molar-refractivity contribution in [1.29, 1.82) is 5.26 Å². The van der Waals surface area contributed by atoms with Gasteiger partial charge in [0.15, 0.2) is 0 Å². The van der Waals surface area contributed by atoms with Gasteiger partial charge in [-0.1, -0.05) is 19.1 Å². The number of carbonyl (C=O) groups excluding carboxylic acids is 1. The molecule has 1 fully saturated rings. The first-order valence-electron chi connectivity index (χ1n) is 7.22. The van der Waals surface area contributed by atoms with Crippen molar-refractivity contribution in [3.63, 3.8) is 0 Å². The van der Waals surface area contributed by atoms with Crippen molar-refractivity contribution in [3.8, 4) is 6.07 Å². The zero-order chi connectivity index (χ0) is 14.5. The van der Waals surface area contributed by atoms with E-state index in [1.54, 1.807) is 12.1 Å². The minimum Gasteiger partial charge on any atom is -0.334 e. The summed E-state index contributed by atoms with van der Waals surface area (Å²) >= 11 is 0. The van der Waals surface area contributed by atoms with Crippen LogP contribution in [0, 0.1) is 11.3 Å². The Kier molecular flexibility index (Phi) is 4.75. The number of nitriles is 1. The molecule has 4 nitrogen and oxygen atoms in total. The Bertz CT molecular complexity index is 503. The summed E-state index contributed by atoms with van der Waals surface area (Å²) < 4.78 is 0. The number of hydrogen-bond acceptors (Lipinski definition) is 3. The number of benzene rings is 1. The average molecular weight is 271 g/mol. The Balaban J connectivity index is 2.35. The van der Waals surface area contributed by atoms with E-state index in [-0.39, 0.29) is 18.0 Å². The van der Waals surface area contributed by atoms with Crippen LogP contribution in [-0.4, -0.2) is 23.4 Å². The Hall–Kier alpha value is -1.86. The van der Waals surface area contributed by atoms with Crippen molar-refractivity contribution in [3.05, 3.63) is 35.4 Å². The summed E-state index contributed by atoms with van der Waals surface area (Å²) in [5, 5.41) is 8.87. The molecule has 2 unspecified atom stereocenters. The molecule has 2 N–H and O–H groups in total. The molecule has 20 heavy (non-hydrogen) atoms. The van der Waals surface area contributed by atoms with Crippen molar-refractivity contribution < 1.29 is 4.79 Å². The van der Waals surface area contributed by atoms with Gasteiger partial charge in [-0.15, -0.1) is 0 Å². The third kappa shape index (κ3) is 3.00. The molecule has 1 aliphatic rings. The minimum atomic E-state index is -0.0716. The summed E-state index contributed by atoms with van der Waals surface area (Å²) in [6.45, 7) is 2.80. The number of amides is 1. The second kappa shape index (κ2) is 6.53. The van der Waals surface area contributed by atoms with Crippen LogP contribution in [0.3, 0.4) is 0 Å². The molecule has 1 heterocycles. The highest BCUT2D eigenvalue weighted by molar-refractivity contribution is 5.77.